The van der Waals surface area contributed by atoms with Crippen molar-refractivity contribution in [3.63, 3.8) is 0 Å². The third-order valence-electron chi connectivity index (χ3n) is 8.17. The number of benzene rings is 5. The maximum absolute atomic E-state index is 4.93. The maximum atomic E-state index is 4.93. The number of rotatable bonds is 5. The summed E-state index contributed by atoms with van der Waals surface area (Å²) in [6.45, 7) is 0. The molecule has 0 N–H and O–H groups in total. The highest BCUT2D eigenvalue weighted by atomic mass is 14.8. The molecule has 8 rings (SSSR count). The van der Waals surface area contributed by atoms with Gasteiger partial charge in [0.25, 0.3) is 0 Å². The van der Waals surface area contributed by atoms with E-state index in [1.807, 2.05) is 36.4 Å². The van der Waals surface area contributed by atoms with E-state index in [-0.39, 0.29) is 0 Å². The molecule has 5 aromatic carbocycles. The standard InChI is InChI=1S/C41H27N3/c1-2-13-34-32(10-1)25-37(36-15-4-3-14-35(34)36)29-20-18-28(19-21-29)30-11-9-12-31(24-30)33-26-40(38-16-5-7-22-42-38)44-41(27-33)39-17-6-8-23-43-39/h1-27H. The molecule has 0 unspecified atom stereocenters. The van der Waals surface area contributed by atoms with Crippen molar-refractivity contribution in [1.29, 1.82) is 0 Å². The Bertz CT molecular complexity index is 2200. The maximum Gasteiger partial charge on any atom is 0.0900 e. The summed E-state index contributed by atoms with van der Waals surface area (Å²) in [5, 5.41) is 5.09. The van der Waals surface area contributed by atoms with Gasteiger partial charge in [-0.1, -0.05) is 103 Å². The molecule has 44 heavy (non-hydrogen) atoms. The Labute approximate surface area is 256 Å². The van der Waals surface area contributed by atoms with Crippen LogP contribution in [0.25, 0.3) is 77.7 Å². The largest absolute Gasteiger partial charge is 0.255 e. The normalized spacial score (nSPS) is 11.2. The first-order valence-electron chi connectivity index (χ1n) is 14.8. The quantitative estimate of drug-likeness (QED) is 0.196. The van der Waals surface area contributed by atoms with Crippen LogP contribution in [0.4, 0.5) is 0 Å². The Balaban J connectivity index is 1.19. The molecule has 0 aliphatic heterocycles. The predicted molar refractivity (Wildman–Crippen MR) is 182 cm³/mol. The lowest BCUT2D eigenvalue weighted by Gasteiger charge is -2.12. The number of aromatic nitrogens is 3. The van der Waals surface area contributed by atoms with E-state index >= 15 is 0 Å². The van der Waals surface area contributed by atoms with Crippen LogP contribution < -0.4 is 0 Å². The molecule has 206 valence electrons. The number of nitrogens with zero attached hydrogens (tertiary/aromatic N) is 3. The molecule has 0 radical (unpaired) electrons. The zero-order valence-corrected chi connectivity index (χ0v) is 23.9. The first kappa shape index (κ1) is 25.8. The number of pyridine rings is 3. The Morgan fingerprint density at radius 2 is 0.886 bits per heavy atom. The van der Waals surface area contributed by atoms with Crippen LogP contribution in [0.3, 0.4) is 0 Å². The van der Waals surface area contributed by atoms with E-state index < -0.39 is 0 Å². The predicted octanol–water partition coefficient (Wildman–Crippen LogP) is 10.5. The molecule has 0 bridgehead atoms. The van der Waals surface area contributed by atoms with E-state index in [0.29, 0.717) is 0 Å². The average molecular weight is 562 g/mol. The van der Waals surface area contributed by atoms with Gasteiger partial charge in [-0.3, -0.25) is 9.97 Å². The lowest BCUT2D eigenvalue weighted by Crippen LogP contribution is -1.94. The summed E-state index contributed by atoms with van der Waals surface area (Å²) in [6.07, 6.45) is 3.60. The van der Waals surface area contributed by atoms with Crippen LogP contribution in [0, 0.1) is 0 Å². The topological polar surface area (TPSA) is 38.7 Å². The van der Waals surface area contributed by atoms with Gasteiger partial charge >= 0.3 is 0 Å². The van der Waals surface area contributed by atoms with Crippen molar-refractivity contribution in [1.82, 2.24) is 15.0 Å². The second-order valence-electron chi connectivity index (χ2n) is 10.9. The summed E-state index contributed by atoms with van der Waals surface area (Å²) >= 11 is 0. The molecule has 0 saturated carbocycles. The molecule has 0 atom stereocenters. The smallest absolute Gasteiger partial charge is 0.0900 e. The van der Waals surface area contributed by atoms with Gasteiger partial charge in [-0.2, -0.15) is 0 Å². The second-order valence-corrected chi connectivity index (χ2v) is 10.9. The summed E-state index contributed by atoms with van der Waals surface area (Å²) in [4.78, 5) is 14.1. The van der Waals surface area contributed by atoms with Gasteiger partial charge in [-0.25, -0.2) is 4.98 Å². The molecular weight excluding hydrogens is 534 g/mol. The van der Waals surface area contributed by atoms with Crippen molar-refractivity contribution in [2.75, 3.05) is 0 Å². The van der Waals surface area contributed by atoms with Gasteiger partial charge in [0, 0.05) is 12.4 Å². The molecule has 3 aromatic heterocycles. The van der Waals surface area contributed by atoms with Gasteiger partial charge in [-0.05, 0) is 103 Å². The van der Waals surface area contributed by atoms with Crippen LogP contribution in [0.2, 0.25) is 0 Å². The zero-order chi connectivity index (χ0) is 29.3. The van der Waals surface area contributed by atoms with Crippen LogP contribution in [-0.4, -0.2) is 15.0 Å². The fourth-order valence-electron chi connectivity index (χ4n) is 6.00. The highest BCUT2D eigenvalue weighted by Crippen LogP contribution is 2.36. The number of hydrogen-bond acceptors (Lipinski definition) is 3. The first-order chi connectivity index (χ1) is 21.8. The summed E-state index contributed by atoms with van der Waals surface area (Å²) < 4.78 is 0. The van der Waals surface area contributed by atoms with Crippen molar-refractivity contribution >= 4 is 21.5 Å². The van der Waals surface area contributed by atoms with Gasteiger partial charge in [0.2, 0.25) is 0 Å². The third-order valence-corrected chi connectivity index (χ3v) is 8.17. The molecule has 3 heterocycles. The van der Waals surface area contributed by atoms with E-state index in [1.54, 1.807) is 12.4 Å². The van der Waals surface area contributed by atoms with E-state index in [9.17, 15) is 0 Å². The van der Waals surface area contributed by atoms with Crippen molar-refractivity contribution in [3.05, 3.63) is 164 Å². The van der Waals surface area contributed by atoms with E-state index in [0.717, 1.165) is 39.5 Å². The molecule has 3 nitrogen and oxygen atoms in total. The fraction of sp³-hybridized carbons (Fsp3) is 0. The Morgan fingerprint density at radius 1 is 0.318 bits per heavy atom. The molecule has 0 spiro atoms. The molecule has 3 heteroatoms. The van der Waals surface area contributed by atoms with E-state index in [1.165, 1.54) is 38.2 Å². The molecule has 0 aliphatic rings. The summed E-state index contributed by atoms with van der Waals surface area (Å²) in [7, 11) is 0. The van der Waals surface area contributed by atoms with Gasteiger partial charge in [0.15, 0.2) is 0 Å². The SMILES string of the molecule is c1ccc(-c2cc(-c3cccc(-c4ccc(-c5cc6ccccc6c6ccccc56)cc4)c3)cc(-c3ccccn3)n2)nc1. The fourth-order valence-corrected chi connectivity index (χ4v) is 6.00. The minimum atomic E-state index is 0.820. The highest BCUT2D eigenvalue weighted by Gasteiger charge is 2.12. The molecule has 0 amide bonds. The summed E-state index contributed by atoms with van der Waals surface area (Å²) in [5.74, 6) is 0. The minimum Gasteiger partial charge on any atom is -0.255 e. The Morgan fingerprint density at radius 3 is 1.55 bits per heavy atom. The van der Waals surface area contributed by atoms with Crippen LogP contribution in [-0.2, 0) is 0 Å². The van der Waals surface area contributed by atoms with Crippen molar-refractivity contribution < 1.29 is 0 Å². The molecule has 0 saturated heterocycles. The van der Waals surface area contributed by atoms with Crippen LogP contribution in [0.1, 0.15) is 0 Å². The summed E-state index contributed by atoms with van der Waals surface area (Å²) in [5.41, 5.74) is 10.3. The Kier molecular flexibility index (Phi) is 6.47. The Hall–Kier alpha value is -5.93. The monoisotopic (exact) mass is 561 g/mol. The molecular formula is C41H27N3. The minimum absolute atomic E-state index is 0.820. The van der Waals surface area contributed by atoms with Crippen molar-refractivity contribution in [2.24, 2.45) is 0 Å². The van der Waals surface area contributed by atoms with Crippen molar-refractivity contribution in [3.8, 4) is 56.2 Å². The first-order valence-corrected chi connectivity index (χ1v) is 14.8. The van der Waals surface area contributed by atoms with E-state index in [2.05, 4.69) is 125 Å². The lowest BCUT2D eigenvalue weighted by molar-refractivity contribution is 1.22. The second kappa shape index (κ2) is 11.0. The molecule has 8 aromatic rings. The lowest BCUT2D eigenvalue weighted by atomic mass is 9.92. The van der Waals surface area contributed by atoms with Gasteiger partial charge in [0.05, 0.1) is 22.8 Å². The van der Waals surface area contributed by atoms with E-state index in [4.69, 9.17) is 4.98 Å². The molecule has 0 fully saturated rings. The van der Waals surface area contributed by atoms with Crippen molar-refractivity contribution in [2.45, 2.75) is 0 Å². The summed E-state index contributed by atoms with van der Waals surface area (Å²) in [6, 6.07) is 53.3. The molecule has 0 aliphatic carbocycles. The number of fused-ring (bicyclic) bond motifs is 3. The van der Waals surface area contributed by atoms with Crippen LogP contribution in [0.15, 0.2) is 164 Å². The average Bonchev–Trinajstić information content (AvgIpc) is 3.12. The third kappa shape index (κ3) is 4.81. The highest BCUT2D eigenvalue weighted by molar-refractivity contribution is 6.13. The van der Waals surface area contributed by atoms with Gasteiger partial charge in [0.1, 0.15) is 0 Å². The van der Waals surface area contributed by atoms with Gasteiger partial charge < -0.3 is 0 Å². The van der Waals surface area contributed by atoms with Gasteiger partial charge in [-0.15, -0.1) is 0 Å². The number of hydrogen-bond donors (Lipinski definition) is 0. The van der Waals surface area contributed by atoms with Crippen LogP contribution >= 0.6 is 0 Å². The zero-order valence-electron chi connectivity index (χ0n) is 23.9. The van der Waals surface area contributed by atoms with Crippen LogP contribution in [0.5, 0.6) is 0 Å².